The van der Waals surface area contributed by atoms with Gasteiger partial charge in [0.1, 0.15) is 5.75 Å². The quantitative estimate of drug-likeness (QED) is 0.592. The summed E-state index contributed by atoms with van der Waals surface area (Å²) >= 11 is 1.68. The number of aromatic hydroxyl groups is 1. The Morgan fingerprint density at radius 2 is 1.88 bits per heavy atom. The van der Waals surface area contributed by atoms with Crippen molar-refractivity contribution in [2.75, 3.05) is 12.3 Å². The third-order valence-corrected chi connectivity index (χ3v) is 5.55. The molecular formula is C20H27N3OS. The van der Waals surface area contributed by atoms with Crippen LogP contribution in [-0.4, -0.2) is 38.3 Å². The topological polar surface area (TPSA) is 49.2 Å². The van der Waals surface area contributed by atoms with Crippen LogP contribution >= 0.6 is 11.8 Å². The third kappa shape index (κ3) is 5.44. The Labute approximate surface area is 154 Å². The molecule has 4 nitrogen and oxygen atoms in total. The van der Waals surface area contributed by atoms with Gasteiger partial charge in [0.05, 0.1) is 0 Å². The highest BCUT2D eigenvalue weighted by atomic mass is 32.2. The highest BCUT2D eigenvalue weighted by Crippen LogP contribution is 2.24. The largest absolute Gasteiger partial charge is 0.508 e. The number of benzene rings is 1. The van der Waals surface area contributed by atoms with Crippen molar-refractivity contribution in [3.8, 4) is 5.75 Å². The van der Waals surface area contributed by atoms with Crippen molar-refractivity contribution >= 4 is 11.8 Å². The van der Waals surface area contributed by atoms with E-state index in [9.17, 15) is 5.11 Å². The molecule has 1 fully saturated rings. The SMILES string of the molecule is CCSc1ncc(CN2CCCC[C@@H]2CCc2ccc(O)cc2)cn1. The van der Waals surface area contributed by atoms with Gasteiger partial charge in [-0.25, -0.2) is 9.97 Å². The van der Waals surface area contributed by atoms with Gasteiger partial charge in [-0.15, -0.1) is 0 Å². The number of hydrogen-bond acceptors (Lipinski definition) is 5. The predicted molar refractivity (Wildman–Crippen MR) is 103 cm³/mol. The van der Waals surface area contributed by atoms with Gasteiger partial charge in [-0.05, 0) is 55.7 Å². The first-order valence-corrected chi connectivity index (χ1v) is 10.2. The Hall–Kier alpha value is -1.59. The summed E-state index contributed by atoms with van der Waals surface area (Å²) in [6.45, 7) is 4.22. The van der Waals surface area contributed by atoms with E-state index in [1.807, 2.05) is 24.5 Å². The van der Waals surface area contributed by atoms with Crippen LogP contribution < -0.4 is 0 Å². The number of hydrogen-bond donors (Lipinski definition) is 1. The van der Waals surface area contributed by atoms with Gasteiger partial charge in [0.15, 0.2) is 5.16 Å². The number of rotatable bonds is 7. The van der Waals surface area contributed by atoms with Crippen LogP contribution in [0, 0.1) is 0 Å². The summed E-state index contributed by atoms with van der Waals surface area (Å²) < 4.78 is 0. The van der Waals surface area contributed by atoms with E-state index < -0.39 is 0 Å². The molecular weight excluding hydrogens is 330 g/mol. The van der Waals surface area contributed by atoms with Crippen LogP contribution in [0.15, 0.2) is 41.8 Å². The van der Waals surface area contributed by atoms with Gasteiger partial charge in [0.2, 0.25) is 0 Å². The van der Waals surface area contributed by atoms with Crippen molar-refractivity contribution in [2.24, 2.45) is 0 Å². The van der Waals surface area contributed by atoms with E-state index in [0.29, 0.717) is 11.8 Å². The number of aryl methyl sites for hydroxylation is 1. The molecule has 0 aliphatic carbocycles. The number of thioether (sulfide) groups is 1. The minimum Gasteiger partial charge on any atom is -0.508 e. The van der Waals surface area contributed by atoms with Crippen LogP contribution in [0.5, 0.6) is 5.75 Å². The lowest BCUT2D eigenvalue weighted by atomic mass is 9.95. The lowest BCUT2D eigenvalue weighted by Crippen LogP contribution is -2.39. The molecule has 1 aromatic carbocycles. The molecule has 5 heteroatoms. The number of nitrogens with zero attached hydrogens (tertiary/aromatic N) is 3. The van der Waals surface area contributed by atoms with E-state index in [-0.39, 0.29) is 0 Å². The number of phenolic OH excluding ortho intramolecular Hbond substituents is 1. The van der Waals surface area contributed by atoms with E-state index in [4.69, 9.17) is 0 Å². The Morgan fingerprint density at radius 1 is 1.12 bits per heavy atom. The van der Waals surface area contributed by atoms with Gasteiger partial charge in [-0.1, -0.05) is 37.2 Å². The molecule has 0 spiro atoms. The van der Waals surface area contributed by atoms with Crippen molar-refractivity contribution in [1.82, 2.24) is 14.9 Å². The van der Waals surface area contributed by atoms with Crippen molar-refractivity contribution in [3.63, 3.8) is 0 Å². The van der Waals surface area contributed by atoms with E-state index in [1.54, 1.807) is 23.9 Å². The van der Waals surface area contributed by atoms with Crippen LogP contribution in [0.2, 0.25) is 0 Å². The second kappa shape index (κ2) is 9.20. The average Bonchev–Trinajstić information content (AvgIpc) is 2.64. The molecule has 2 aromatic rings. The van der Waals surface area contributed by atoms with Crippen molar-refractivity contribution in [1.29, 1.82) is 0 Å². The van der Waals surface area contributed by atoms with Crippen molar-refractivity contribution in [3.05, 3.63) is 47.8 Å². The fourth-order valence-electron chi connectivity index (χ4n) is 3.45. The van der Waals surface area contributed by atoms with Crippen molar-refractivity contribution in [2.45, 2.75) is 56.8 Å². The Kier molecular flexibility index (Phi) is 6.70. The van der Waals surface area contributed by atoms with E-state index in [2.05, 4.69) is 21.8 Å². The second-order valence-electron chi connectivity index (χ2n) is 6.63. The maximum absolute atomic E-state index is 9.41. The van der Waals surface area contributed by atoms with E-state index >= 15 is 0 Å². The molecule has 1 atom stereocenters. The Balaban J connectivity index is 1.57. The van der Waals surface area contributed by atoms with Crippen LogP contribution in [0.25, 0.3) is 0 Å². The number of piperidine rings is 1. The van der Waals surface area contributed by atoms with Gasteiger partial charge >= 0.3 is 0 Å². The van der Waals surface area contributed by atoms with E-state index in [1.165, 1.54) is 30.4 Å². The first-order valence-electron chi connectivity index (χ1n) is 9.20. The van der Waals surface area contributed by atoms with Crippen LogP contribution in [0.1, 0.15) is 43.7 Å². The second-order valence-corrected chi connectivity index (χ2v) is 7.86. The Morgan fingerprint density at radius 3 is 2.60 bits per heavy atom. The molecule has 1 aliphatic rings. The lowest BCUT2D eigenvalue weighted by molar-refractivity contribution is 0.132. The van der Waals surface area contributed by atoms with Gasteiger partial charge in [0, 0.05) is 30.5 Å². The summed E-state index contributed by atoms with van der Waals surface area (Å²) in [5.41, 5.74) is 2.50. The smallest absolute Gasteiger partial charge is 0.187 e. The highest BCUT2D eigenvalue weighted by Gasteiger charge is 2.22. The minimum absolute atomic E-state index is 0.340. The number of phenols is 1. The normalized spacial score (nSPS) is 18.4. The van der Waals surface area contributed by atoms with Gasteiger partial charge in [0.25, 0.3) is 0 Å². The molecule has 0 amide bonds. The zero-order valence-corrected chi connectivity index (χ0v) is 15.7. The molecule has 0 unspecified atom stereocenters. The van der Waals surface area contributed by atoms with Gasteiger partial charge < -0.3 is 5.11 Å². The maximum Gasteiger partial charge on any atom is 0.187 e. The minimum atomic E-state index is 0.340. The average molecular weight is 358 g/mol. The lowest BCUT2D eigenvalue weighted by Gasteiger charge is -2.35. The van der Waals surface area contributed by atoms with E-state index in [0.717, 1.165) is 36.8 Å². The van der Waals surface area contributed by atoms with Gasteiger partial charge in [-0.3, -0.25) is 4.90 Å². The highest BCUT2D eigenvalue weighted by molar-refractivity contribution is 7.99. The molecule has 25 heavy (non-hydrogen) atoms. The molecule has 3 rings (SSSR count). The first kappa shape index (κ1) is 18.2. The Bertz CT molecular complexity index is 645. The van der Waals surface area contributed by atoms with Crippen LogP contribution in [0.4, 0.5) is 0 Å². The van der Waals surface area contributed by atoms with Gasteiger partial charge in [-0.2, -0.15) is 0 Å². The summed E-state index contributed by atoms with van der Waals surface area (Å²) in [5.74, 6) is 1.35. The number of aromatic nitrogens is 2. The zero-order chi connectivity index (χ0) is 17.5. The summed E-state index contributed by atoms with van der Waals surface area (Å²) in [6, 6.07) is 8.23. The molecule has 2 heterocycles. The third-order valence-electron chi connectivity index (χ3n) is 4.79. The van der Waals surface area contributed by atoms with Crippen LogP contribution in [0.3, 0.4) is 0 Å². The monoisotopic (exact) mass is 357 g/mol. The predicted octanol–water partition coefficient (Wildman–Crippen LogP) is 4.28. The summed E-state index contributed by atoms with van der Waals surface area (Å²) in [5, 5.41) is 10.3. The standard InChI is InChI=1S/C20H27N3OS/c1-2-25-20-21-13-17(14-22-20)15-23-12-4-3-5-18(23)9-6-16-7-10-19(24)11-8-16/h7-8,10-11,13-14,18,24H,2-6,9,12,15H2,1H3/t18-/m1/s1. The molecule has 1 aliphatic heterocycles. The molecule has 0 radical (unpaired) electrons. The zero-order valence-electron chi connectivity index (χ0n) is 14.9. The summed E-state index contributed by atoms with van der Waals surface area (Å²) in [4.78, 5) is 11.5. The summed E-state index contributed by atoms with van der Waals surface area (Å²) in [6.07, 6.45) is 10.1. The molecule has 1 saturated heterocycles. The fourth-order valence-corrected chi connectivity index (χ4v) is 3.97. The maximum atomic E-state index is 9.41. The molecule has 134 valence electrons. The number of likely N-dealkylation sites (tertiary alicyclic amines) is 1. The molecule has 1 N–H and O–H groups in total. The molecule has 1 aromatic heterocycles. The molecule has 0 saturated carbocycles. The first-order chi connectivity index (χ1) is 12.2. The van der Waals surface area contributed by atoms with Crippen LogP contribution in [-0.2, 0) is 13.0 Å². The fraction of sp³-hybridized carbons (Fsp3) is 0.500. The molecule has 0 bridgehead atoms. The summed E-state index contributed by atoms with van der Waals surface area (Å²) in [7, 11) is 0. The van der Waals surface area contributed by atoms with Crippen molar-refractivity contribution < 1.29 is 5.11 Å².